The summed E-state index contributed by atoms with van der Waals surface area (Å²) in [6.45, 7) is 0. The quantitative estimate of drug-likeness (QED) is 0.588. The molecule has 1 aromatic rings. The molecule has 0 spiro atoms. The lowest BCUT2D eigenvalue weighted by Crippen LogP contribution is -1.93. The van der Waals surface area contributed by atoms with Crippen molar-refractivity contribution in [3.8, 4) is 5.88 Å². The van der Waals surface area contributed by atoms with Gasteiger partial charge in [0.25, 0.3) is 0 Å². The largest absolute Gasteiger partial charge is 0.480 e. The predicted molar refractivity (Wildman–Crippen MR) is 38.2 cm³/mol. The van der Waals surface area contributed by atoms with Gasteiger partial charge < -0.3 is 4.74 Å². The second kappa shape index (κ2) is 3.36. The van der Waals surface area contributed by atoms with Gasteiger partial charge in [-0.3, -0.25) is 0 Å². The van der Waals surface area contributed by atoms with Crippen LogP contribution in [0.3, 0.4) is 0 Å². The molecule has 0 atom stereocenters. The number of rotatable bonds is 2. The Morgan fingerprint density at radius 3 is 3.00 bits per heavy atom. The molecule has 1 rings (SSSR count). The third kappa shape index (κ3) is 1.57. The molecule has 0 N–H and O–H groups in total. The molecule has 10 heavy (non-hydrogen) atoms. The third-order valence-electron chi connectivity index (χ3n) is 0.909. The highest BCUT2D eigenvalue weighted by Crippen LogP contribution is 2.09. The Bertz CT molecular complexity index is 199. The summed E-state index contributed by atoms with van der Waals surface area (Å²) in [4.78, 5) is 3.98. The van der Waals surface area contributed by atoms with E-state index in [0.29, 0.717) is 11.0 Å². The highest BCUT2D eigenvalue weighted by atomic mass is 32.2. The van der Waals surface area contributed by atoms with E-state index in [4.69, 9.17) is 4.74 Å². The molecule has 0 saturated heterocycles. The first-order chi connectivity index (χ1) is 4.86. The first kappa shape index (κ1) is 7.27. The summed E-state index contributed by atoms with van der Waals surface area (Å²) in [5.41, 5.74) is 0. The van der Waals surface area contributed by atoms with Crippen molar-refractivity contribution in [2.45, 2.75) is 5.16 Å². The number of methoxy groups -OCH3 is 1. The minimum absolute atomic E-state index is 0.499. The van der Waals surface area contributed by atoms with Crippen LogP contribution >= 0.6 is 11.8 Å². The van der Waals surface area contributed by atoms with Gasteiger partial charge in [-0.2, -0.15) is 10.1 Å². The zero-order valence-corrected chi connectivity index (χ0v) is 6.55. The van der Waals surface area contributed by atoms with E-state index in [0.717, 1.165) is 0 Å². The topological polar surface area (TPSA) is 47.9 Å². The van der Waals surface area contributed by atoms with Crippen molar-refractivity contribution >= 4 is 11.8 Å². The smallest absolute Gasteiger partial charge is 0.236 e. The summed E-state index contributed by atoms with van der Waals surface area (Å²) in [5, 5.41) is 8.02. The van der Waals surface area contributed by atoms with Gasteiger partial charge in [0.2, 0.25) is 11.0 Å². The van der Waals surface area contributed by atoms with Crippen molar-refractivity contribution in [3.05, 3.63) is 6.20 Å². The first-order valence-corrected chi connectivity index (χ1v) is 3.87. The standard InChI is InChI=1S/C5H7N3OS/c1-9-4-3-6-8-5(7-4)10-2/h3H,1-2H3. The summed E-state index contributed by atoms with van der Waals surface area (Å²) in [7, 11) is 1.55. The predicted octanol–water partition coefficient (Wildman–Crippen LogP) is 0.602. The molecule has 0 aliphatic heterocycles. The Balaban J connectivity index is 2.87. The molecule has 5 heteroatoms. The fraction of sp³-hybridized carbons (Fsp3) is 0.400. The highest BCUT2D eigenvalue weighted by Gasteiger charge is 1.95. The van der Waals surface area contributed by atoms with Crippen molar-refractivity contribution in [3.63, 3.8) is 0 Å². The summed E-state index contributed by atoms with van der Waals surface area (Å²) in [5.74, 6) is 0.499. The van der Waals surface area contributed by atoms with Crippen LogP contribution in [0.25, 0.3) is 0 Å². The van der Waals surface area contributed by atoms with Crippen LogP contribution in [0.5, 0.6) is 5.88 Å². The molecule has 0 unspecified atom stereocenters. The van der Waals surface area contributed by atoms with E-state index in [9.17, 15) is 0 Å². The Hall–Kier alpha value is -0.840. The third-order valence-corrected chi connectivity index (χ3v) is 1.45. The maximum absolute atomic E-state index is 4.83. The molecule has 1 aromatic heterocycles. The van der Waals surface area contributed by atoms with Crippen LogP contribution in [-0.4, -0.2) is 28.5 Å². The molecule has 4 nitrogen and oxygen atoms in total. The average Bonchev–Trinajstić information content (AvgIpc) is 2.05. The fourth-order valence-corrected chi connectivity index (χ4v) is 0.768. The normalized spacial score (nSPS) is 9.40. The number of ether oxygens (including phenoxy) is 1. The summed E-state index contributed by atoms with van der Waals surface area (Å²) in [6.07, 6.45) is 3.36. The van der Waals surface area contributed by atoms with Gasteiger partial charge >= 0.3 is 0 Å². The average molecular weight is 157 g/mol. The fourth-order valence-electron chi connectivity index (χ4n) is 0.458. The van der Waals surface area contributed by atoms with E-state index >= 15 is 0 Å². The van der Waals surface area contributed by atoms with Crippen LogP contribution in [0.2, 0.25) is 0 Å². The van der Waals surface area contributed by atoms with Gasteiger partial charge in [0.15, 0.2) is 0 Å². The van der Waals surface area contributed by atoms with Crippen LogP contribution in [0.15, 0.2) is 11.4 Å². The van der Waals surface area contributed by atoms with E-state index in [1.165, 1.54) is 18.0 Å². The molecule has 1 heterocycles. The zero-order chi connectivity index (χ0) is 7.40. The van der Waals surface area contributed by atoms with Crippen LogP contribution < -0.4 is 4.74 Å². The zero-order valence-electron chi connectivity index (χ0n) is 5.74. The molecule has 0 aliphatic rings. The van der Waals surface area contributed by atoms with Gasteiger partial charge in [-0.1, -0.05) is 11.8 Å². The van der Waals surface area contributed by atoms with E-state index in [1.54, 1.807) is 7.11 Å². The number of nitrogens with zero attached hydrogens (tertiary/aromatic N) is 3. The summed E-state index contributed by atoms with van der Waals surface area (Å²) < 4.78 is 4.83. The van der Waals surface area contributed by atoms with E-state index in [-0.39, 0.29) is 0 Å². The first-order valence-electron chi connectivity index (χ1n) is 2.64. The van der Waals surface area contributed by atoms with Gasteiger partial charge in [-0.25, -0.2) is 0 Å². The van der Waals surface area contributed by atoms with Crippen LogP contribution in [-0.2, 0) is 0 Å². The van der Waals surface area contributed by atoms with Crippen molar-refractivity contribution in [2.75, 3.05) is 13.4 Å². The number of aromatic nitrogens is 3. The molecular weight excluding hydrogens is 150 g/mol. The number of thioether (sulfide) groups is 1. The second-order valence-electron chi connectivity index (χ2n) is 1.49. The van der Waals surface area contributed by atoms with Gasteiger partial charge in [0.1, 0.15) is 6.20 Å². The molecule has 0 aromatic carbocycles. The Morgan fingerprint density at radius 1 is 1.60 bits per heavy atom. The lowest BCUT2D eigenvalue weighted by molar-refractivity contribution is 0.388. The molecule has 0 radical (unpaired) electrons. The van der Waals surface area contributed by atoms with Crippen molar-refractivity contribution < 1.29 is 4.74 Å². The summed E-state index contributed by atoms with van der Waals surface area (Å²) >= 11 is 1.43. The lowest BCUT2D eigenvalue weighted by atomic mass is 10.8. The van der Waals surface area contributed by atoms with Crippen molar-refractivity contribution in [1.82, 2.24) is 15.2 Å². The molecule has 0 amide bonds. The minimum Gasteiger partial charge on any atom is -0.480 e. The number of hydrogen-bond donors (Lipinski definition) is 0. The van der Waals surface area contributed by atoms with Crippen molar-refractivity contribution in [2.24, 2.45) is 0 Å². The van der Waals surface area contributed by atoms with Gasteiger partial charge in [-0.05, 0) is 6.26 Å². The molecule has 0 bridgehead atoms. The lowest BCUT2D eigenvalue weighted by Gasteiger charge is -1.96. The van der Waals surface area contributed by atoms with Gasteiger partial charge in [0, 0.05) is 0 Å². The molecule has 0 saturated carbocycles. The molecule has 0 aliphatic carbocycles. The molecule has 54 valence electrons. The Morgan fingerprint density at radius 2 is 2.40 bits per heavy atom. The molecule has 0 fully saturated rings. The molecular formula is C5H7N3OS. The van der Waals surface area contributed by atoms with E-state index in [2.05, 4.69) is 15.2 Å². The Kier molecular flexibility index (Phi) is 2.44. The monoisotopic (exact) mass is 157 g/mol. The number of hydrogen-bond acceptors (Lipinski definition) is 5. The van der Waals surface area contributed by atoms with Crippen LogP contribution in [0, 0.1) is 0 Å². The van der Waals surface area contributed by atoms with Gasteiger partial charge in [0.05, 0.1) is 7.11 Å². The SMILES string of the molecule is COc1cnnc(SC)n1. The maximum atomic E-state index is 4.83. The highest BCUT2D eigenvalue weighted by molar-refractivity contribution is 7.98. The Labute approximate surface area is 63.0 Å². The van der Waals surface area contributed by atoms with Crippen LogP contribution in [0.4, 0.5) is 0 Å². The van der Waals surface area contributed by atoms with Crippen molar-refractivity contribution in [1.29, 1.82) is 0 Å². The van der Waals surface area contributed by atoms with E-state index < -0.39 is 0 Å². The maximum Gasteiger partial charge on any atom is 0.236 e. The van der Waals surface area contributed by atoms with Crippen LogP contribution in [0.1, 0.15) is 0 Å². The van der Waals surface area contributed by atoms with Gasteiger partial charge in [-0.15, -0.1) is 5.10 Å². The second-order valence-corrected chi connectivity index (χ2v) is 2.26. The summed E-state index contributed by atoms with van der Waals surface area (Å²) in [6, 6.07) is 0. The minimum atomic E-state index is 0.499. The van der Waals surface area contributed by atoms with E-state index in [1.807, 2.05) is 6.26 Å².